The molecular weight excluding hydrogens is 742 g/mol. The molecule has 10 nitrogen and oxygen atoms in total. The quantitative estimate of drug-likeness (QED) is 0.348. The first kappa shape index (κ1) is 36.5. The third kappa shape index (κ3) is 9.04. The molecule has 262 valence electrons. The highest BCUT2D eigenvalue weighted by atomic mass is 79.9. The van der Waals surface area contributed by atoms with Crippen molar-refractivity contribution in [3.63, 3.8) is 0 Å². The molecule has 2 aromatic carbocycles. The maximum absolute atomic E-state index is 12.9. The molecule has 0 radical (unpaired) electrons. The molecule has 2 atom stereocenters. The number of benzene rings is 2. The van der Waals surface area contributed by atoms with Crippen LogP contribution < -0.4 is 5.32 Å². The molecule has 3 saturated heterocycles. The van der Waals surface area contributed by atoms with Crippen LogP contribution in [0, 0.1) is 11.8 Å². The van der Waals surface area contributed by atoms with Crippen molar-refractivity contribution in [2.45, 2.75) is 70.9 Å². The number of nitrogens with zero attached hydrogens (tertiary/aromatic N) is 4. The Morgan fingerprint density at radius 3 is 2.19 bits per heavy atom. The number of nitrogens with one attached hydrogen (secondary N) is 1. The first-order chi connectivity index (χ1) is 23.0. The number of fused-ring (bicyclic) bond motifs is 1. The minimum Gasteiger partial charge on any atom is -0.506 e. The Morgan fingerprint density at radius 2 is 1.56 bits per heavy atom. The Bertz CT molecular complexity index is 1420. The van der Waals surface area contributed by atoms with E-state index >= 15 is 0 Å². The number of methoxy groups -OCH3 is 1. The number of ether oxygens (including phenoxy) is 1. The predicted molar refractivity (Wildman–Crippen MR) is 194 cm³/mol. The lowest BCUT2D eigenvalue weighted by Gasteiger charge is -2.37. The number of carbonyl (C=O) groups is 3. The molecule has 4 aliphatic rings. The summed E-state index contributed by atoms with van der Waals surface area (Å²) >= 11 is 6.73. The van der Waals surface area contributed by atoms with E-state index < -0.39 is 0 Å². The summed E-state index contributed by atoms with van der Waals surface area (Å²) in [5.74, 6) is 1.21. The number of hydrogen-bond donors (Lipinski definition) is 2. The van der Waals surface area contributed by atoms with E-state index in [0.29, 0.717) is 41.0 Å². The van der Waals surface area contributed by atoms with Crippen LogP contribution in [0.1, 0.15) is 57.1 Å². The van der Waals surface area contributed by atoms with Gasteiger partial charge in [0.25, 0.3) is 0 Å². The summed E-state index contributed by atoms with van der Waals surface area (Å²) in [5, 5.41) is 12.8. The number of aromatic hydroxyl groups is 1. The number of carbonyl (C=O) groups excluding carboxylic acids is 3. The Hall–Kier alpha value is -2.83. The van der Waals surface area contributed by atoms with E-state index in [1.54, 1.807) is 4.90 Å². The summed E-state index contributed by atoms with van der Waals surface area (Å²) < 4.78 is 6.06. The summed E-state index contributed by atoms with van der Waals surface area (Å²) in [6.45, 7) is 10.5. The molecule has 0 unspecified atom stereocenters. The maximum Gasteiger partial charge on any atom is 0.409 e. The van der Waals surface area contributed by atoms with Crippen LogP contribution in [0.25, 0.3) is 0 Å². The van der Waals surface area contributed by atoms with Gasteiger partial charge in [-0.05, 0) is 119 Å². The molecule has 4 aliphatic heterocycles. The fraction of sp³-hybridized carbons (Fsp3) is 0.583. The summed E-state index contributed by atoms with van der Waals surface area (Å²) in [7, 11) is 1.40. The average Bonchev–Trinajstić information content (AvgIpc) is 3.46. The Kier molecular flexibility index (Phi) is 12.7. The second-order valence-electron chi connectivity index (χ2n) is 13.7. The standard InChI is InChI=1S/C20H28Br2N2O2.C16H21N3O3/c1-13-3-6-24(12-13)16-4-7-23(8-5-16)20(26)14(2)9-15-10-17(21)19(25)18(22)11-15;1-22-16(21)18-9-7-13(8-10-18)19-11-6-12-4-2-3-5-14(12)17-15(19)20/h10-11,13-14,16,25H,3-9,12H2,1-2H3;2-5,13H,6-11H2,1H3,(H,17,20)/t13-,14-;/m1./s1. The van der Waals surface area contributed by atoms with Crippen molar-refractivity contribution in [2.24, 2.45) is 11.8 Å². The van der Waals surface area contributed by atoms with Crippen molar-refractivity contribution in [1.29, 1.82) is 0 Å². The van der Waals surface area contributed by atoms with Gasteiger partial charge in [-0.2, -0.15) is 0 Å². The number of hydrogen-bond acceptors (Lipinski definition) is 6. The van der Waals surface area contributed by atoms with Gasteiger partial charge in [-0.1, -0.05) is 32.0 Å². The van der Waals surface area contributed by atoms with E-state index in [-0.39, 0.29) is 35.7 Å². The van der Waals surface area contributed by atoms with Crippen LogP contribution in [0.2, 0.25) is 0 Å². The maximum atomic E-state index is 12.9. The zero-order chi connectivity index (χ0) is 34.4. The normalized spacial score (nSPS) is 21.5. The highest BCUT2D eigenvalue weighted by molar-refractivity contribution is 9.11. The van der Waals surface area contributed by atoms with Crippen LogP contribution in [0.4, 0.5) is 15.3 Å². The van der Waals surface area contributed by atoms with E-state index in [1.807, 2.05) is 47.1 Å². The number of phenols is 1. The average molecular weight is 792 g/mol. The molecular formula is C36H49Br2N5O5. The number of amides is 4. The zero-order valence-electron chi connectivity index (χ0n) is 28.3. The number of urea groups is 1. The molecule has 48 heavy (non-hydrogen) atoms. The number of likely N-dealkylation sites (tertiary alicyclic amines) is 3. The highest BCUT2D eigenvalue weighted by Crippen LogP contribution is 2.34. The van der Waals surface area contributed by atoms with Crippen LogP contribution in [-0.4, -0.2) is 108 Å². The highest BCUT2D eigenvalue weighted by Gasteiger charge is 2.33. The van der Waals surface area contributed by atoms with E-state index in [4.69, 9.17) is 4.74 Å². The summed E-state index contributed by atoms with van der Waals surface area (Å²) in [5.41, 5.74) is 3.12. The third-order valence-electron chi connectivity index (χ3n) is 10.3. The van der Waals surface area contributed by atoms with E-state index in [0.717, 1.165) is 62.4 Å². The molecule has 2 aromatic rings. The Labute approximate surface area is 301 Å². The summed E-state index contributed by atoms with van der Waals surface area (Å²) in [6.07, 6.45) is 6.34. The lowest BCUT2D eigenvalue weighted by molar-refractivity contribution is -0.136. The zero-order valence-corrected chi connectivity index (χ0v) is 31.5. The molecule has 2 N–H and O–H groups in total. The minimum absolute atomic E-state index is 0.0403. The van der Waals surface area contributed by atoms with Crippen LogP contribution in [0.3, 0.4) is 0 Å². The van der Waals surface area contributed by atoms with Crippen molar-refractivity contribution >= 4 is 55.6 Å². The molecule has 12 heteroatoms. The number of anilines is 1. The smallest absolute Gasteiger partial charge is 0.409 e. The fourth-order valence-electron chi connectivity index (χ4n) is 7.47. The van der Waals surface area contributed by atoms with Crippen molar-refractivity contribution < 1.29 is 24.2 Å². The molecule has 0 aliphatic carbocycles. The van der Waals surface area contributed by atoms with Gasteiger partial charge >= 0.3 is 12.1 Å². The van der Waals surface area contributed by atoms with Gasteiger partial charge < -0.3 is 29.9 Å². The van der Waals surface area contributed by atoms with Crippen molar-refractivity contribution in [1.82, 2.24) is 19.6 Å². The first-order valence-electron chi connectivity index (χ1n) is 17.2. The van der Waals surface area contributed by atoms with Gasteiger partial charge in [-0.25, -0.2) is 9.59 Å². The van der Waals surface area contributed by atoms with Crippen molar-refractivity contribution in [3.8, 4) is 5.75 Å². The van der Waals surface area contributed by atoms with Crippen LogP contribution in [0.15, 0.2) is 45.3 Å². The van der Waals surface area contributed by atoms with Gasteiger partial charge in [0.1, 0.15) is 5.75 Å². The molecule has 0 aromatic heterocycles. The lowest BCUT2D eigenvalue weighted by Crippen LogP contribution is -2.50. The Morgan fingerprint density at radius 1 is 0.938 bits per heavy atom. The number of phenolic OH excluding ortho intramolecular Hbond substituents is 1. The number of para-hydroxylation sites is 1. The van der Waals surface area contributed by atoms with Crippen LogP contribution in [0.5, 0.6) is 5.75 Å². The van der Waals surface area contributed by atoms with Crippen LogP contribution >= 0.6 is 31.9 Å². The van der Waals surface area contributed by atoms with Gasteiger partial charge in [-0.15, -0.1) is 0 Å². The van der Waals surface area contributed by atoms with E-state index in [9.17, 15) is 19.5 Å². The van der Waals surface area contributed by atoms with E-state index in [1.165, 1.54) is 32.2 Å². The Balaban J connectivity index is 0.000000190. The van der Waals surface area contributed by atoms with Gasteiger partial charge in [0, 0.05) is 63.0 Å². The molecule has 3 fully saturated rings. The SMILES string of the molecule is COC(=O)N1CCC(N2CCc3ccccc3NC2=O)CC1.C[C@@H]1CCN(C2CCN(C(=O)[C@H](C)Cc3cc(Br)c(O)c(Br)c3)CC2)C1. The lowest BCUT2D eigenvalue weighted by atomic mass is 9.97. The molecule has 0 saturated carbocycles. The summed E-state index contributed by atoms with van der Waals surface area (Å²) in [4.78, 5) is 45.1. The fourth-order valence-corrected chi connectivity index (χ4v) is 8.75. The number of halogens is 2. The first-order valence-corrected chi connectivity index (χ1v) is 18.8. The molecule has 0 bridgehead atoms. The van der Waals surface area contributed by atoms with Gasteiger partial charge in [0.15, 0.2) is 0 Å². The van der Waals surface area contributed by atoms with Crippen LogP contribution in [-0.2, 0) is 22.4 Å². The largest absolute Gasteiger partial charge is 0.506 e. The van der Waals surface area contributed by atoms with E-state index in [2.05, 4.69) is 55.1 Å². The number of piperidine rings is 2. The van der Waals surface area contributed by atoms with Gasteiger partial charge in [0.05, 0.1) is 16.1 Å². The molecule has 6 rings (SSSR count). The van der Waals surface area contributed by atoms with Gasteiger partial charge in [0.2, 0.25) is 5.91 Å². The molecule has 4 heterocycles. The van der Waals surface area contributed by atoms with Crippen molar-refractivity contribution in [3.05, 3.63) is 56.5 Å². The second-order valence-corrected chi connectivity index (χ2v) is 15.4. The van der Waals surface area contributed by atoms with Crippen molar-refractivity contribution in [2.75, 3.05) is 58.2 Å². The second kappa shape index (κ2) is 16.7. The molecule has 0 spiro atoms. The number of rotatable bonds is 5. The monoisotopic (exact) mass is 789 g/mol. The summed E-state index contributed by atoms with van der Waals surface area (Å²) in [6, 6.07) is 12.5. The topological polar surface area (TPSA) is 106 Å². The molecule has 4 amide bonds. The predicted octanol–water partition coefficient (Wildman–Crippen LogP) is 6.74. The third-order valence-corrected chi connectivity index (χ3v) is 11.5. The van der Waals surface area contributed by atoms with Gasteiger partial charge in [-0.3, -0.25) is 9.69 Å². The minimum atomic E-state index is -0.286.